The van der Waals surface area contributed by atoms with Gasteiger partial charge in [-0.25, -0.2) is 19.9 Å². The van der Waals surface area contributed by atoms with Crippen molar-refractivity contribution in [1.29, 1.82) is 0 Å². The molecule has 0 spiro atoms. The Kier molecular flexibility index (Phi) is 6.77. The van der Waals surface area contributed by atoms with Crippen molar-refractivity contribution in [1.82, 2.24) is 19.9 Å². The van der Waals surface area contributed by atoms with E-state index in [-0.39, 0.29) is 11.8 Å². The van der Waals surface area contributed by atoms with Gasteiger partial charge >= 0.3 is 0 Å². The molecule has 1 amide bonds. The highest BCUT2D eigenvalue weighted by molar-refractivity contribution is 6.04. The van der Waals surface area contributed by atoms with Crippen LogP contribution in [0.2, 0.25) is 0 Å². The molecule has 0 radical (unpaired) electrons. The first-order valence-electron chi connectivity index (χ1n) is 11.0. The summed E-state index contributed by atoms with van der Waals surface area (Å²) in [7, 11) is 1.75. The molecule has 0 fully saturated rings. The standard InChI is InChI=1S/C26H26N6O2/c1-16(2)18-7-5-8-20(14-18)31-24(33)19-13-17(3)30-23(15-19)34-25-21(9-6-11-28-25)22-10-12-29-26(27-4)32-22/h5-16H,1-4H3,(H,31,33)(H,27,29,32). The first kappa shape index (κ1) is 22.8. The fourth-order valence-corrected chi connectivity index (χ4v) is 3.40. The monoisotopic (exact) mass is 454 g/mol. The zero-order valence-corrected chi connectivity index (χ0v) is 19.5. The van der Waals surface area contributed by atoms with Crippen LogP contribution in [0.4, 0.5) is 11.6 Å². The minimum absolute atomic E-state index is 0.244. The molecule has 172 valence electrons. The van der Waals surface area contributed by atoms with Gasteiger partial charge in [0, 0.05) is 42.5 Å². The third-order valence-corrected chi connectivity index (χ3v) is 5.13. The van der Waals surface area contributed by atoms with Crippen LogP contribution in [-0.2, 0) is 0 Å². The number of aromatic nitrogens is 4. The van der Waals surface area contributed by atoms with E-state index in [1.807, 2.05) is 37.3 Å². The third kappa shape index (κ3) is 5.35. The van der Waals surface area contributed by atoms with Crippen LogP contribution in [0, 0.1) is 6.92 Å². The molecule has 1 aromatic carbocycles. The zero-order chi connectivity index (χ0) is 24.1. The first-order chi connectivity index (χ1) is 16.4. The second kappa shape index (κ2) is 10.1. The van der Waals surface area contributed by atoms with Crippen LogP contribution >= 0.6 is 0 Å². The van der Waals surface area contributed by atoms with Gasteiger partial charge in [-0.15, -0.1) is 0 Å². The number of anilines is 2. The molecule has 2 N–H and O–H groups in total. The van der Waals surface area contributed by atoms with Crippen LogP contribution in [0.5, 0.6) is 11.8 Å². The Bertz CT molecular complexity index is 1320. The lowest BCUT2D eigenvalue weighted by Crippen LogP contribution is -2.13. The van der Waals surface area contributed by atoms with Gasteiger partial charge in [0.25, 0.3) is 5.91 Å². The third-order valence-electron chi connectivity index (χ3n) is 5.13. The molecule has 0 aliphatic heterocycles. The summed E-state index contributed by atoms with van der Waals surface area (Å²) in [5.74, 6) is 1.21. The summed E-state index contributed by atoms with van der Waals surface area (Å²) in [5, 5.41) is 5.88. The second-order valence-electron chi connectivity index (χ2n) is 8.04. The SMILES string of the molecule is CNc1nccc(-c2cccnc2Oc2cc(C(=O)Nc3cccc(C(C)C)c3)cc(C)n2)n1. The Morgan fingerprint density at radius 2 is 1.82 bits per heavy atom. The lowest BCUT2D eigenvalue weighted by Gasteiger charge is -2.12. The average molecular weight is 455 g/mol. The van der Waals surface area contributed by atoms with Crippen molar-refractivity contribution in [3.8, 4) is 23.0 Å². The molecule has 0 bridgehead atoms. The number of pyridine rings is 2. The maximum Gasteiger partial charge on any atom is 0.255 e. The van der Waals surface area contributed by atoms with Crippen molar-refractivity contribution in [3.63, 3.8) is 0 Å². The van der Waals surface area contributed by atoms with Gasteiger partial charge in [-0.1, -0.05) is 26.0 Å². The van der Waals surface area contributed by atoms with Crippen molar-refractivity contribution in [2.24, 2.45) is 0 Å². The molecular formula is C26H26N6O2. The smallest absolute Gasteiger partial charge is 0.255 e. The summed E-state index contributed by atoms with van der Waals surface area (Å²) in [5.41, 5.74) is 4.31. The minimum atomic E-state index is -0.244. The fraction of sp³-hybridized carbons (Fsp3) is 0.192. The minimum Gasteiger partial charge on any atom is -0.420 e. The highest BCUT2D eigenvalue weighted by Crippen LogP contribution is 2.30. The van der Waals surface area contributed by atoms with Crippen LogP contribution in [0.3, 0.4) is 0 Å². The topological polar surface area (TPSA) is 102 Å². The summed E-state index contributed by atoms with van der Waals surface area (Å²) >= 11 is 0. The maximum absolute atomic E-state index is 13.0. The Morgan fingerprint density at radius 1 is 0.971 bits per heavy atom. The first-order valence-corrected chi connectivity index (χ1v) is 11.0. The summed E-state index contributed by atoms with van der Waals surface area (Å²) < 4.78 is 6.03. The highest BCUT2D eigenvalue weighted by atomic mass is 16.5. The molecule has 34 heavy (non-hydrogen) atoms. The fourth-order valence-electron chi connectivity index (χ4n) is 3.40. The van der Waals surface area contributed by atoms with Crippen LogP contribution < -0.4 is 15.4 Å². The van der Waals surface area contributed by atoms with Crippen LogP contribution in [0.15, 0.2) is 67.0 Å². The summed E-state index contributed by atoms with van der Waals surface area (Å²) in [6, 6.07) is 16.6. The van der Waals surface area contributed by atoms with Gasteiger partial charge in [0.2, 0.25) is 17.7 Å². The Labute approximate surface area is 198 Å². The van der Waals surface area contributed by atoms with Crippen molar-refractivity contribution >= 4 is 17.5 Å². The highest BCUT2D eigenvalue weighted by Gasteiger charge is 2.15. The van der Waals surface area contributed by atoms with Crippen LogP contribution in [-0.4, -0.2) is 32.9 Å². The second-order valence-corrected chi connectivity index (χ2v) is 8.04. The Hall–Kier alpha value is -4.33. The number of nitrogens with zero attached hydrogens (tertiary/aromatic N) is 4. The van der Waals surface area contributed by atoms with Gasteiger partial charge < -0.3 is 15.4 Å². The molecule has 3 aromatic heterocycles. The molecule has 0 saturated heterocycles. The van der Waals surface area contributed by atoms with E-state index in [4.69, 9.17) is 4.74 Å². The molecule has 3 heterocycles. The number of benzene rings is 1. The number of carbonyl (C=O) groups excluding carboxylic acids is 1. The number of amides is 1. The van der Waals surface area contributed by atoms with Gasteiger partial charge in [-0.2, -0.15) is 0 Å². The van der Waals surface area contributed by atoms with Gasteiger partial charge in [0.15, 0.2) is 0 Å². The summed E-state index contributed by atoms with van der Waals surface area (Å²) in [4.78, 5) is 30.4. The molecule has 4 rings (SSSR count). The lowest BCUT2D eigenvalue weighted by molar-refractivity contribution is 0.102. The van der Waals surface area contributed by atoms with E-state index in [1.165, 1.54) is 0 Å². The molecule has 8 nitrogen and oxygen atoms in total. The molecule has 8 heteroatoms. The summed E-state index contributed by atoms with van der Waals surface area (Å²) in [6.45, 7) is 6.04. The van der Waals surface area contributed by atoms with E-state index in [9.17, 15) is 4.79 Å². The number of hydrogen-bond donors (Lipinski definition) is 2. The molecule has 0 aliphatic carbocycles. The quantitative estimate of drug-likeness (QED) is 0.383. The van der Waals surface area contributed by atoms with Gasteiger partial charge in [-0.3, -0.25) is 4.79 Å². The largest absolute Gasteiger partial charge is 0.420 e. The number of aryl methyl sites for hydroxylation is 1. The normalized spacial score (nSPS) is 10.7. The predicted molar refractivity (Wildman–Crippen MR) is 132 cm³/mol. The van der Waals surface area contributed by atoms with Crippen LogP contribution in [0.1, 0.15) is 41.4 Å². The number of hydrogen-bond acceptors (Lipinski definition) is 7. The van der Waals surface area contributed by atoms with Crippen molar-refractivity contribution in [2.45, 2.75) is 26.7 Å². The molecule has 0 atom stereocenters. The Balaban J connectivity index is 1.60. The van der Waals surface area contributed by atoms with Gasteiger partial charge in [-0.05, 0) is 54.8 Å². The number of carbonyl (C=O) groups is 1. The van der Waals surface area contributed by atoms with Crippen LogP contribution in [0.25, 0.3) is 11.3 Å². The molecule has 0 saturated carbocycles. The Morgan fingerprint density at radius 3 is 2.62 bits per heavy atom. The lowest BCUT2D eigenvalue weighted by atomic mass is 10.0. The van der Waals surface area contributed by atoms with E-state index in [0.29, 0.717) is 40.3 Å². The molecular weight excluding hydrogens is 428 g/mol. The molecule has 0 aliphatic rings. The van der Waals surface area contributed by atoms with Gasteiger partial charge in [0.05, 0.1) is 11.3 Å². The van der Waals surface area contributed by atoms with E-state index in [1.54, 1.807) is 43.7 Å². The molecule has 4 aromatic rings. The maximum atomic E-state index is 13.0. The van der Waals surface area contributed by atoms with E-state index >= 15 is 0 Å². The van der Waals surface area contributed by atoms with Crippen molar-refractivity contribution < 1.29 is 9.53 Å². The van der Waals surface area contributed by atoms with Crippen molar-refractivity contribution in [2.75, 3.05) is 17.7 Å². The summed E-state index contributed by atoms with van der Waals surface area (Å²) in [6.07, 6.45) is 3.29. The van der Waals surface area contributed by atoms with Crippen molar-refractivity contribution in [3.05, 3.63) is 83.8 Å². The number of nitrogens with one attached hydrogen (secondary N) is 2. The average Bonchev–Trinajstić information content (AvgIpc) is 2.84. The zero-order valence-electron chi connectivity index (χ0n) is 19.5. The number of rotatable bonds is 7. The van der Waals surface area contributed by atoms with E-state index < -0.39 is 0 Å². The number of ether oxygens (including phenoxy) is 1. The van der Waals surface area contributed by atoms with E-state index in [2.05, 4.69) is 44.4 Å². The van der Waals surface area contributed by atoms with E-state index in [0.717, 1.165) is 11.3 Å². The molecule has 0 unspecified atom stereocenters. The predicted octanol–water partition coefficient (Wildman–Crippen LogP) is 5.45. The van der Waals surface area contributed by atoms with Gasteiger partial charge in [0.1, 0.15) is 0 Å².